The number of nitrogens with zero attached hydrogens (tertiary/aromatic N) is 7. The third-order valence-electron chi connectivity index (χ3n) is 8.48. The van der Waals surface area contributed by atoms with E-state index in [4.69, 9.17) is 14.8 Å². The zero-order valence-corrected chi connectivity index (χ0v) is 28.2. The van der Waals surface area contributed by atoms with Crippen LogP contribution in [-0.2, 0) is 24.4 Å². The Kier molecular flexibility index (Phi) is 9.15. The molecule has 1 amide bonds. The fourth-order valence-corrected chi connectivity index (χ4v) is 6.05. The van der Waals surface area contributed by atoms with Crippen LogP contribution in [0.1, 0.15) is 74.3 Å². The summed E-state index contributed by atoms with van der Waals surface area (Å²) in [5.41, 5.74) is 6.53. The molecule has 4 aromatic rings. The van der Waals surface area contributed by atoms with Crippen LogP contribution in [0.4, 0.5) is 16.6 Å². The second-order valence-corrected chi connectivity index (χ2v) is 14.4. The number of fused-ring (bicyclic) bond motifs is 1. The lowest BCUT2D eigenvalue weighted by Gasteiger charge is -2.29. The molecule has 0 spiro atoms. The number of carbonyl (C=O) groups is 1. The van der Waals surface area contributed by atoms with Crippen molar-refractivity contribution in [1.82, 2.24) is 30.5 Å². The van der Waals surface area contributed by atoms with Crippen molar-refractivity contribution < 1.29 is 9.53 Å². The highest BCUT2D eigenvalue weighted by Crippen LogP contribution is 2.37. The summed E-state index contributed by atoms with van der Waals surface area (Å²) in [5, 5.41) is 17.6. The lowest BCUT2D eigenvalue weighted by Crippen LogP contribution is -2.34. The molecule has 0 bridgehead atoms. The van der Waals surface area contributed by atoms with Crippen molar-refractivity contribution in [2.24, 2.45) is 11.8 Å². The molecule has 244 valence electrons. The molecule has 0 atom stereocenters. The van der Waals surface area contributed by atoms with Crippen LogP contribution in [0.2, 0.25) is 0 Å². The molecule has 0 aliphatic heterocycles. The Morgan fingerprint density at radius 1 is 0.957 bits per heavy atom. The van der Waals surface area contributed by atoms with E-state index in [9.17, 15) is 4.79 Å². The van der Waals surface area contributed by atoms with E-state index in [0.29, 0.717) is 32.1 Å². The normalized spacial score (nSPS) is 14.8. The SMILES string of the molecule is Cc1cc(C)cc(CN(Cc2cc3cccc(C)c3nc2N(CC2CC2)CC2CC2)c2nnn(CCNC(=O)OC(C)(C)C)n2)c1. The number of hydrogen-bond donors (Lipinski definition) is 1. The van der Waals surface area contributed by atoms with Crippen molar-refractivity contribution >= 4 is 28.8 Å². The summed E-state index contributed by atoms with van der Waals surface area (Å²) in [4.78, 5) is 23.8. The van der Waals surface area contributed by atoms with Crippen molar-refractivity contribution in [3.05, 3.63) is 70.3 Å². The van der Waals surface area contributed by atoms with Crippen LogP contribution in [0, 0.1) is 32.6 Å². The largest absolute Gasteiger partial charge is 0.444 e. The van der Waals surface area contributed by atoms with E-state index >= 15 is 0 Å². The van der Waals surface area contributed by atoms with Gasteiger partial charge in [0.2, 0.25) is 0 Å². The Hall–Kier alpha value is -4.21. The number of ether oxygens (including phenoxy) is 1. The van der Waals surface area contributed by atoms with Gasteiger partial charge >= 0.3 is 6.09 Å². The molecule has 0 radical (unpaired) electrons. The first kappa shape index (κ1) is 31.8. The lowest BCUT2D eigenvalue weighted by molar-refractivity contribution is 0.0525. The van der Waals surface area contributed by atoms with Crippen LogP contribution < -0.4 is 15.1 Å². The molecular formula is C36H48N8O2. The molecule has 46 heavy (non-hydrogen) atoms. The van der Waals surface area contributed by atoms with Gasteiger partial charge in [-0.05, 0) is 101 Å². The average Bonchev–Trinajstić information content (AvgIpc) is 3.91. The maximum absolute atomic E-state index is 12.1. The molecule has 2 aliphatic carbocycles. The number of hydrogen-bond acceptors (Lipinski definition) is 8. The quantitative estimate of drug-likeness (QED) is 0.180. The molecular weight excluding hydrogens is 576 g/mol. The second kappa shape index (κ2) is 13.3. The van der Waals surface area contributed by atoms with Crippen LogP contribution in [0.3, 0.4) is 0 Å². The molecule has 2 saturated carbocycles. The van der Waals surface area contributed by atoms with Gasteiger partial charge < -0.3 is 19.9 Å². The third-order valence-corrected chi connectivity index (χ3v) is 8.48. The highest BCUT2D eigenvalue weighted by atomic mass is 16.6. The van der Waals surface area contributed by atoms with Crippen LogP contribution in [0.15, 0.2) is 42.5 Å². The summed E-state index contributed by atoms with van der Waals surface area (Å²) >= 11 is 0. The number of alkyl carbamates (subject to hydrolysis) is 1. The van der Waals surface area contributed by atoms with E-state index in [-0.39, 0.29) is 0 Å². The van der Waals surface area contributed by atoms with Crippen molar-refractivity contribution in [3.8, 4) is 0 Å². The van der Waals surface area contributed by atoms with Crippen molar-refractivity contribution in [3.63, 3.8) is 0 Å². The highest BCUT2D eigenvalue weighted by Gasteiger charge is 2.31. The van der Waals surface area contributed by atoms with Crippen molar-refractivity contribution in [2.45, 2.75) is 92.5 Å². The third kappa shape index (κ3) is 8.53. The molecule has 2 aromatic carbocycles. The molecule has 2 aromatic heterocycles. The Morgan fingerprint density at radius 3 is 2.30 bits per heavy atom. The van der Waals surface area contributed by atoms with Gasteiger partial charge in [0, 0.05) is 43.7 Å². The van der Waals surface area contributed by atoms with E-state index < -0.39 is 11.7 Å². The van der Waals surface area contributed by atoms with Gasteiger partial charge in [0.15, 0.2) is 0 Å². The molecule has 10 nitrogen and oxygen atoms in total. The first-order valence-electron chi connectivity index (χ1n) is 16.7. The summed E-state index contributed by atoms with van der Waals surface area (Å²) in [6.45, 7) is 16.0. The standard InChI is InChI=1S/C36H48N8O2/c1-24-16-25(2)18-29(17-24)22-43(34-39-41-44(40-34)15-14-37-35(45)46-36(4,5)6)23-31-19-30-9-7-8-26(3)32(30)38-33(31)42(20-27-10-11-27)21-28-12-13-28/h7-9,16-19,27-28H,10-15,20-23H2,1-6H3,(H,37,45). The highest BCUT2D eigenvalue weighted by molar-refractivity contribution is 5.84. The number of amides is 1. The van der Waals surface area contributed by atoms with Gasteiger partial charge in [-0.1, -0.05) is 52.6 Å². The summed E-state index contributed by atoms with van der Waals surface area (Å²) < 4.78 is 5.36. The molecule has 2 aliphatic rings. The monoisotopic (exact) mass is 624 g/mol. The number of benzene rings is 2. The first-order valence-corrected chi connectivity index (χ1v) is 16.7. The second-order valence-electron chi connectivity index (χ2n) is 14.4. The fourth-order valence-electron chi connectivity index (χ4n) is 6.05. The number of aryl methyl sites for hydroxylation is 3. The topological polar surface area (TPSA) is 101 Å². The van der Waals surface area contributed by atoms with Gasteiger partial charge in [-0.3, -0.25) is 0 Å². The first-order chi connectivity index (χ1) is 22.0. The van der Waals surface area contributed by atoms with Gasteiger partial charge in [0.25, 0.3) is 5.95 Å². The molecule has 1 N–H and O–H groups in total. The van der Waals surface area contributed by atoms with E-state index in [0.717, 1.165) is 41.6 Å². The number of carbonyl (C=O) groups excluding carboxylic acids is 1. The Balaban J connectivity index is 1.31. The molecule has 10 heteroatoms. The van der Waals surface area contributed by atoms with E-state index in [1.165, 1.54) is 58.3 Å². The number of rotatable bonds is 13. The van der Waals surface area contributed by atoms with Crippen LogP contribution in [0.25, 0.3) is 10.9 Å². The lowest BCUT2D eigenvalue weighted by atomic mass is 10.1. The number of pyridine rings is 1. The predicted molar refractivity (Wildman–Crippen MR) is 182 cm³/mol. The summed E-state index contributed by atoms with van der Waals surface area (Å²) in [6.07, 6.45) is 4.75. The minimum Gasteiger partial charge on any atom is -0.444 e. The van der Waals surface area contributed by atoms with E-state index in [2.05, 4.69) is 88.7 Å². The summed E-state index contributed by atoms with van der Waals surface area (Å²) in [6, 6.07) is 15.4. The molecule has 0 unspecified atom stereocenters. The van der Waals surface area contributed by atoms with Crippen LogP contribution in [-0.4, -0.2) is 56.5 Å². The van der Waals surface area contributed by atoms with Crippen molar-refractivity contribution in [1.29, 1.82) is 0 Å². The van der Waals surface area contributed by atoms with Crippen LogP contribution in [0.5, 0.6) is 0 Å². The summed E-state index contributed by atoms with van der Waals surface area (Å²) in [7, 11) is 0. The number of aromatic nitrogens is 5. The molecule has 6 rings (SSSR count). The molecule has 2 fully saturated rings. The zero-order valence-electron chi connectivity index (χ0n) is 28.2. The maximum Gasteiger partial charge on any atom is 0.407 e. The minimum atomic E-state index is -0.556. The maximum atomic E-state index is 12.1. The predicted octanol–water partition coefficient (Wildman–Crippen LogP) is 6.50. The number of tetrazole rings is 1. The zero-order chi connectivity index (χ0) is 32.4. The number of nitrogens with one attached hydrogen (secondary N) is 1. The van der Waals surface area contributed by atoms with Gasteiger partial charge in [-0.2, -0.15) is 4.80 Å². The van der Waals surface area contributed by atoms with Gasteiger partial charge in [0.1, 0.15) is 11.4 Å². The van der Waals surface area contributed by atoms with Crippen LogP contribution >= 0.6 is 0 Å². The van der Waals surface area contributed by atoms with Gasteiger partial charge in [-0.15, -0.1) is 5.10 Å². The molecule has 2 heterocycles. The van der Waals surface area contributed by atoms with Crippen molar-refractivity contribution in [2.75, 3.05) is 29.4 Å². The van der Waals surface area contributed by atoms with E-state index in [1.807, 2.05) is 20.8 Å². The van der Waals surface area contributed by atoms with Gasteiger partial charge in [-0.25, -0.2) is 9.78 Å². The Bertz CT molecular complexity index is 1650. The van der Waals surface area contributed by atoms with E-state index in [1.54, 1.807) is 0 Å². The summed E-state index contributed by atoms with van der Waals surface area (Å²) in [5.74, 6) is 3.13. The Labute approximate surface area is 272 Å². The number of anilines is 2. The smallest absolute Gasteiger partial charge is 0.407 e. The average molecular weight is 625 g/mol. The fraction of sp³-hybridized carbons (Fsp3) is 0.528. The Morgan fingerprint density at radius 2 is 1.65 bits per heavy atom. The minimum absolute atomic E-state index is 0.331. The molecule has 0 saturated heterocycles. The van der Waals surface area contributed by atoms with Gasteiger partial charge in [0.05, 0.1) is 12.1 Å². The number of para-hydroxylation sites is 1.